The van der Waals surface area contributed by atoms with E-state index in [2.05, 4.69) is 26.8 Å². The number of carbonyl (C=O) groups excluding carboxylic acids is 1. The number of aliphatic hydroxyl groups excluding tert-OH is 12. The van der Waals surface area contributed by atoms with Crippen LogP contribution >= 0.6 is 0 Å². The molecule has 8 rings (SSSR count). The van der Waals surface area contributed by atoms with Crippen LogP contribution in [-0.2, 0) is 33.2 Å². The molecule has 12 N–H and O–H groups in total. The molecular weight excluding hydrogens is 881 g/mol. The van der Waals surface area contributed by atoms with Crippen LogP contribution in [0.4, 0.5) is 0 Å². The van der Waals surface area contributed by atoms with Crippen molar-refractivity contribution in [2.75, 3.05) is 26.4 Å². The van der Waals surface area contributed by atoms with Crippen molar-refractivity contribution in [1.29, 1.82) is 0 Å². The zero-order chi connectivity index (χ0) is 49.0. The van der Waals surface area contributed by atoms with E-state index in [1.807, 2.05) is 13.8 Å². The molecular formula is C48H78O19. The summed E-state index contributed by atoms with van der Waals surface area (Å²) in [6.07, 6.45) is -16.2. The van der Waals surface area contributed by atoms with Crippen molar-refractivity contribution in [3.05, 3.63) is 11.6 Å². The van der Waals surface area contributed by atoms with Crippen LogP contribution in [0.15, 0.2) is 11.6 Å². The first-order chi connectivity index (χ1) is 31.4. The molecule has 0 aromatic carbocycles. The Morgan fingerprint density at radius 2 is 1.31 bits per heavy atom. The van der Waals surface area contributed by atoms with Crippen LogP contribution in [0.2, 0.25) is 0 Å². The molecule has 7 fully saturated rings. The molecule has 0 aromatic heterocycles. The average Bonchev–Trinajstić information content (AvgIpc) is 3.30. The van der Waals surface area contributed by atoms with Gasteiger partial charge in [-0.3, -0.25) is 4.79 Å². The van der Waals surface area contributed by atoms with Gasteiger partial charge in [-0.1, -0.05) is 46.3 Å². The molecule has 25 atom stereocenters. The lowest BCUT2D eigenvalue weighted by molar-refractivity contribution is -0.361. The third kappa shape index (κ3) is 8.10. The Morgan fingerprint density at radius 3 is 1.99 bits per heavy atom. The van der Waals surface area contributed by atoms with E-state index in [0.717, 1.165) is 25.7 Å². The van der Waals surface area contributed by atoms with Gasteiger partial charge < -0.3 is 89.7 Å². The Morgan fingerprint density at radius 1 is 0.672 bits per heavy atom. The molecule has 19 nitrogen and oxygen atoms in total. The van der Waals surface area contributed by atoms with Crippen LogP contribution in [0.3, 0.4) is 0 Å². The summed E-state index contributed by atoms with van der Waals surface area (Å²) >= 11 is 0. The van der Waals surface area contributed by atoms with Crippen molar-refractivity contribution in [2.24, 2.45) is 50.2 Å². The highest BCUT2D eigenvalue weighted by atomic mass is 16.8. The molecule has 4 saturated carbocycles. The molecule has 0 radical (unpaired) electrons. The van der Waals surface area contributed by atoms with Crippen molar-refractivity contribution in [2.45, 2.75) is 204 Å². The molecule has 67 heavy (non-hydrogen) atoms. The Kier molecular flexibility index (Phi) is 14.4. The van der Waals surface area contributed by atoms with E-state index in [1.54, 1.807) is 0 Å². The van der Waals surface area contributed by atoms with Gasteiger partial charge in [0, 0.05) is 12.0 Å². The van der Waals surface area contributed by atoms with E-state index in [0.29, 0.717) is 38.5 Å². The summed E-state index contributed by atoms with van der Waals surface area (Å²) in [4.78, 5) is 15.0. The van der Waals surface area contributed by atoms with Gasteiger partial charge in [-0.05, 0) is 111 Å². The number of hydrogen-bond donors (Lipinski definition) is 12. The van der Waals surface area contributed by atoms with E-state index in [1.165, 1.54) is 12.5 Å². The molecule has 3 saturated heterocycles. The number of hydrogen-bond acceptors (Lipinski definition) is 19. The average molecular weight is 959 g/mol. The first kappa shape index (κ1) is 51.9. The summed E-state index contributed by atoms with van der Waals surface area (Å²) in [6, 6.07) is 0. The normalized spacial score (nSPS) is 55.6. The molecule has 384 valence electrons. The lowest BCUT2D eigenvalue weighted by Crippen LogP contribution is -2.66. The number of esters is 1. The number of carbonyl (C=O) groups is 1. The van der Waals surface area contributed by atoms with Crippen LogP contribution in [0.1, 0.15) is 106 Å². The Labute approximate surface area is 392 Å². The largest absolute Gasteiger partial charge is 0.432 e. The van der Waals surface area contributed by atoms with Crippen LogP contribution in [-0.4, -0.2) is 192 Å². The molecule has 0 aromatic rings. The highest BCUT2D eigenvalue weighted by Crippen LogP contribution is 2.76. The minimum Gasteiger partial charge on any atom is -0.432 e. The fourth-order valence-corrected chi connectivity index (χ4v) is 14.9. The van der Waals surface area contributed by atoms with Crippen molar-refractivity contribution in [1.82, 2.24) is 0 Å². The van der Waals surface area contributed by atoms with Gasteiger partial charge in [-0.15, -0.1) is 0 Å². The standard InChI is InChI=1S/C48H78O19/c1-22-30(53)32(55)35(58)40(63-22)66-38-25(18-49)64-39(37(60)34(38)57)62-19-26-31(54)33(56)36(59)41(65-26)67-42(61)48-15-13-43(2,20-50)17-24(48)23-7-8-28-44(3)11-10-29(52)45(4,21-51)27(44)9-12-47(28,6)46(23,5)14-16-48/h7,22,24-41,49-60H,8-21H2,1-6H3. The number of rotatable bonds is 10. The Hall–Kier alpha value is -1.47. The van der Waals surface area contributed by atoms with Crippen molar-refractivity contribution in [3.63, 3.8) is 0 Å². The summed E-state index contributed by atoms with van der Waals surface area (Å²) in [5.74, 6) is -0.587. The van der Waals surface area contributed by atoms with Crippen molar-refractivity contribution >= 4 is 5.97 Å². The second-order valence-electron chi connectivity index (χ2n) is 23.1. The highest BCUT2D eigenvalue weighted by molar-refractivity contribution is 5.79. The molecule has 0 amide bonds. The lowest BCUT2D eigenvalue weighted by Gasteiger charge is -2.71. The maximum absolute atomic E-state index is 15.0. The van der Waals surface area contributed by atoms with Gasteiger partial charge in [-0.2, -0.15) is 0 Å². The van der Waals surface area contributed by atoms with E-state index in [-0.39, 0.29) is 47.2 Å². The summed E-state index contributed by atoms with van der Waals surface area (Å²) < 4.78 is 34.7. The number of ether oxygens (including phenoxy) is 6. The molecule has 0 bridgehead atoms. The van der Waals surface area contributed by atoms with E-state index in [9.17, 15) is 66.1 Å². The van der Waals surface area contributed by atoms with Crippen LogP contribution in [0.5, 0.6) is 0 Å². The topological polar surface area (TPSA) is 315 Å². The van der Waals surface area contributed by atoms with Crippen LogP contribution < -0.4 is 0 Å². The minimum absolute atomic E-state index is 0.0772. The third-order valence-electron chi connectivity index (χ3n) is 19.6. The molecule has 3 heterocycles. The smallest absolute Gasteiger partial charge is 0.315 e. The summed E-state index contributed by atoms with van der Waals surface area (Å²) in [5, 5.41) is 129. The van der Waals surface area contributed by atoms with Gasteiger partial charge in [0.15, 0.2) is 12.6 Å². The lowest BCUT2D eigenvalue weighted by atomic mass is 9.33. The fraction of sp³-hybridized carbons (Fsp3) is 0.938. The number of fused-ring (bicyclic) bond motifs is 7. The first-order valence-electron chi connectivity index (χ1n) is 24.5. The van der Waals surface area contributed by atoms with Gasteiger partial charge >= 0.3 is 5.97 Å². The predicted octanol–water partition coefficient (Wildman–Crippen LogP) is -0.887. The Bertz CT molecular complexity index is 1820. The maximum Gasteiger partial charge on any atom is 0.315 e. The minimum atomic E-state index is -1.88. The van der Waals surface area contributed by atoms with Gasteiger partial charge in [0.1, 0.15) is 67.1 Å². The second-order valence-corrected chi connectivity index (χ2v) is 23.1. The molecule has 0 spiro atoms. The zero-order valence-electron chi connectivity index (χ0n) is 39.7. The first-order valence-corrected chi connectivity index (χ1v) is 24.5. The monoisotopic (exact) mass is 959 g/mol. The zero-order valence-corrected chi connectivity index (χ0v) is 39.7. The fourth-order valence-electron chi connectivity index (χ4n) is 14.9. The SMILES string of the molecule is CC1OC(OC2C(CO)OC(OCC3OC(OC(=O)C45CCC(C)(CO)CC4C4=CCC6C7(C)CCC(O)C(C)(CO)C7CCC6(C)C4(C)CC5)C(O)C(O)C3O)C(O)C2O)C(O)C(O)C1O. The Balaban J connectivity index is 0.986. The van der Waals surface area contributed by atoms with E-state index >= 15 is 0 Å². The van der Waals surface area contributed by atoms with Gasteiger partial charge in [0.05, 0.1) is 37.4 Å². The van der Waals surface area contributed by atoms with Crippen LogP contribution in [0.25, 0.3) is 0 Å². The van der Waals surface area contributed by atoms with Crippen molar-refractivity contribution in [3.8, 4) is 0 Å². The maximum atomic E-state index is 15.0. The molecule has 19 heteroatoms. The quantitative estimate of drug-likeness (QED) is 0.0934. The van der Waals surface area contributed by atoms with E-state index in [4.69, 9.17) is 28.4 Å². The number of allylic oxidation sites excluding steroid dienone is 2. The van der Waals surface area contributed by atoms with Gasteiger partial charge in [0.2, 0.25) is 6.29 Å². The molecule has 5 aliphatic carbocycles. The summed E-state index contributed by atoms with van der Waals surface area (Å²) in [7, 11) is 0. The predicted molar refractivity (Wildman–Crippen MR) is 232 cm³/mol. The van der Waals surface area contributed by atoms with Gasteiger partial charge in [0.25, 0.3) is 0 Å². The third-order valence-corrected chi connectivity index (χ3v) is 19.6. The van der Waals surface area contributed by atoms with Crippen LogP contribution in [0, 0.1) is 50.2 Å². The molecule has 25 unspecified atom stereocenters. The van der Waals surface area contributed by atoms with Gasteiger partial charge in [-0.25, -0.2) is 0 Å². The summed E-state index contributed by atoms with van der Waals surface area (Å²) in [5.41, 5.74) is -1.67. The molecule has 3 aliphatic heterocycles. The molecule has 8 aliphatic rings. The van der Waals surface area contributed by atoms with E-state index < -0.39 is 134 Å². The number of aliphatic hydroxyl groups is 12. The summed E-state index contributed by atoms with van der Waals surface area (Å²) in [6.45, 7) is 11.0. The second kappa shape index (κ2) is 18.5. The van der Waals surface area contributed by atoms with Crippen molar-refractivity contribution < 1.29 is 94.5 Å². The highest BCUT2D eigenvalue weighted by Gasteiger charge is 2.70.